The van der Waals surface area contributed by atoms with Crippen molar-refractivity contribution in [2.24, 2.45) is 7.05 Å². The van der Waals surface area contributed by atoms with E-state index in [9.17, 15) is 0 Å². The molecule has 0 fully saturated rings. The Morgan fingerprint density at radius 1 is 1.29 bits per heavy atom. The van der Waals surface area contributed by atoms with E-state index in [4.69, 9.17) is 5.73 Å². The highest BCUT2D eigenvalue weighted by molar-refractivity contribution is 5.61. The van der Waals surface area contributed by atoms with E-state index in [1.165, 1.54) is 0 Å². The van der Waals surface area contributed by atoms with Crippen LogP contribution in [0.3, 0.4) is 0 Å². The van der Waals surface area contributed by atoms with Gasteiger partial charge in [-0.2, -0.15) is 5.10 Å². The van der Waals surface area contributed by atoms with Crippen molar-refractivity contribution >= 4 is 11.5 Å². The van der Waals surface area contributed by atoms with Gasteiger partial charge in [-0.25, -0.2) is 0 Å². The lowest BCUT2D eigenvalue weighted by atomic mass is 10.4. The summed E-state index contributed by atoms with van der Waals surface area (Å²) in [6, 6.07) is 0. The van der Waals surface area contributed by atoms with Gasteiger partial charge < -0.3 is 10.6 Å². The van der Waals surface area contributed by atoms with Crippen molar-refractivity contribution in [1.82, 2.24) is 9.78 Å². The predicted octanol–water partition coefficient (Wildman–Crippen LogP) is 1.16. The molecule has 76 valence electrons. The van der Waals surface area contributed by atoms with Crippen LogP contribution in [0.25, 0.3) is 0 Å². The second-order valence-electron chi connectivity index (χ2n) is 3.62. The molecule has 1 aliphatic heterocycles. The summed E-state index contributed by atoms with van der Waals surface area (Å²) in [5.41, 5.74) is 6.65. The van der Waals surface area contributed by atoms with Crippen LogP contribution in [-0.2, 0) is 7.05 Å². The molecule has 0 unspecified atom stereocenters. The number of rotatable bonds is 1. The van der Waals surface area contributed by atoms with Crippen LogP contribution in [0.4, 0.5) is 11.5 Å². The first-order valence-corrected chi connectivity index (χ1v) is 4.96. The van der Waals surface area contributed by atoms with E-state index in [0.29, 0.717) is 0 Å². The SMILES string of the molecule is Cn1cc(N)c(N2CCC=CCC2)n1. The van der Waals surface area contributed by atoms with Crippen LogP contribution in [0.1, 0.15) is 12.8 Å². The number of aromatic nitrogens is 2. The Morgan fingerprint density at radius 3 is 2.43 bits per heavy atom. The highest BCUT2D eigenvalue weighted by Crippen LogP contribution is 2.21. The van der Waals surface area contributed by atoms with E-state index in [-0.39, 0.29) is 0 Å². The van der Waals surface area contributed by atoms with Crippen molar-refractivity contribution in [2.45, 2.75) is 12.8 Å². The van der Waals surface area contributed by atoms with Crippen LogP contribution >= 0.6 is 0 Å². The first-order valence-electron chi connectivity index (χ1n) is 4.96. The number of hydrogen-bond acceptors (Lipinski definition) is 3. The Balaban J connectivity index is 2.17. The molecule has 1 aliphatic rings. The summed E-state index contributed by atoms with van der Waals surface area (Å²) in [7, 11) is 1.90. The quantitative estimate of drug-likeness (QED) is 0.679. The van der Waals surface area contributed by atoms with Crippen molar-refractivity contribution in [2.75, 3.05) is 23.7 Å². The fourth-order valence-corrected chi connectivity index (χ4v) is 1.76. The lowest BCUT2D eigenvalue weighted by Gasteiger charge is -2.19. The fourth-order valence-electron chi connectivity index (χ4n) is 1.76. The minimum atomic E-state index is 0.773. The van der Waals surface area contributed by atoms with Gasteiger partial charge in [0.2, 0.25) is 0 Å². The molecule has 0 saturated carbocycles. The van der Waals surface area contributed by atoms with Crippen LogP contribution < -0.4 is 10.6 Å². The van der Waals surface area contributed by atoms with E-state index in [2.05, 4.69) is 22.2 Å². The highest BCUT2D eigenvalue weighted by atomic mass is 15.3. The first-order chi connectivity index (χ1) is 6.77. The first kappa shape index (κ1) is 9.12. The molecule has 2 N–H and O–H groups in total. The third kappa shape index (κ3) is 1.73. The number of nitrogens with two attached hydrogens (primary N) is 1. The molecule has 1 aromatic heterocycles. The van der Waals surface area contributed by atoms with Gasteiger partial charge in [0.25, 0.3) is 0 Å². The molecule has 14 heavy (non-hydrogen) atoms. The van der Waals surface area contributed by atoms with E-state index in [1.807, 2.05) is 13.2 Å². The third-order valence-corrected chi connectivity index (χ3v) is 2.43. The molecule has 2 heterocycles. The Labute approximate surface area is 84.0 Å². The topological polar surface area (TPSA) is 47.1 Å². The maximum absolute atomic E-state index is 5.88. The molecular weight excluding hydrogens is 176 g/mol. The van der Waals surface area contributed by atoms with Gasteiger partial charge in [-0.1, -0.05) is 12.2 Å². The molecule has 2 rings (SSSR count). The van der Waals surface area contributed by atoms with Crippen LogP contribution in [-0.4, -0.2) is 22.9 Å². The van der Waals surface area contributed by atoms with Crippen LogP contribution in [0, 0.1) is 0 Å². The molecule has 0 atom stereocenters. The van der Waals surface area contributed by atoms with E-state index < -0.39 is 0 Å². The minimum Gasteiger partial charge on any atom is -0.394 e. The van der Waals surface area contributed by atoms with Crippen molar-refractivity contribution in [3.63, 3.8) is 0 Å². The Hall–Kier alpha value is -1.45. The summed E-state index contributed by atoms with van der Waals surface area (Å²) in [6.45, 7) is 2.02. The highest BCUT2D eigenvalue weighted by Gasteiger charge is 2.13. The van der Waals surface area contributed by atoms with E-state index >= 15 is 0 Å². The van der Waals surface area contributed by atoms with Gasteiger partial charge in [0, 0.05) is 26.3 Å². The average Bonchev–Trinajstić information content (AvgIpc) is 2.43. The van der Waals surface area contributed by atoms with Gasteiger partial charge in [-0.05, 0) is 12.8 Å². The maximum Gasteiger partial charge on any atom is 0.173 e. The summed E-state index contributed by atoms with van der Waals surface area (Å²) in [5.74, 6) is 0.927. The zero-order valence-corrected chi connectivity index (χ0v) is 8.48. The molecule has 0 radical (unpaired) electrons. The zero-order chi connectivity index (χ0) is 9.97. The Bertz CT molecular complexity index is 330. The van der Waals surface area contributed by atoms with E-state index in [1.54, 1.807) is 4.68 Å². The fraction of sp³-hybridized carbons (Fsp3) is 0.500. The predicted molar refractivity (Wildman–Crippen MR) is 58.2 cm³/mol. The molecule has 0 bridgehead atoms. The Morgan fingerprint density at radius 2 is 1.93 bits per heavy atom. The summed E-state index contributed by atoms with van der Waals surface area (Å²) in [6.07, 6.45) is 8.46. The molecule has 0 aliphatic carbocycles. The largest absolute Gasteiger partial charge is 0.394 e. The van der Waals surface area contributed by atoms with Gasteiger partial charge in [-0.15, -0.1) is 0 Å². The van der Waals surface area contributed by atoms with Gasteiger partial charge in [0.05, 0.1) is 5.69 Å². The van der Waals surface area contributed by atoms with E-state index in [0.717, 1.165) is 37.4 Å². The normalized spacial score (nSPS) is 17.1. The van der Waals surface area contributed by atoms with Crippen LogP contribution in [0.15, 0.2) is 18.3 Å². The lowest BCUT2D eigenvalue weighted by Crippen LogP contribution is -2.25. The molecule has 4 nitrogen and oxygen atoms in total. The molecule has 0 spiro atoms. The average molecular weight is 192 g/mol. The molecule has 4 heteroatoms. The number of hydrogen-bond donors (Lipinski definition) is 1. The van der Waals surface area contributed by atoms with Gasteiger partial charge in [-0.3, -0.25) is 4.68 Å². The second kappa shape index (κ2) is 3.74. The third-order valence-electron chi connectivity index (χ3n) is 2.43. The van der Waals surface area contributed by atoms with Crippen LogP contribution in [0.2, 0.25) is 0 Å². The molecule has 0 saturated heterocycles. The molecule has 0 aromatic carbocycles. The van der Waals surface area contributed by atoms with Crippen molar-refractivity contribution < 1.29 is 0 Å². The maximum atomic E-state index is 5.88. The number of nitrogens with zero attached hydrogens (tertiary/aromatic N) is 3. The van der Waals surface area contributed by atoms with Gasteiger partial charge in [0.1, 0.15) is 0 Å². The van der Waals surface area contributed by atoms with Crippen molar-refractivity contribution in [3.05, 3.63) is 18.3 Å². The van der Waals surface area contributed by atoms with Gasteiger partial charge >= 0.3 is 0 Å². The standard InChI is InChI=1S/C10H16N4/c1-13-8-9(11)10(12-13)14-6-4-2-3-5-7-14/h2-3,8H,4-7,11H2,1H3. The smallest absolute Gasteiger partial charge is 0.173 e. The lowest BCUT2D eigenvalue weighted by molar-refractivity contribution is 0.732. The second-order valence-corrected chi connectivity index (χ2v) is 3.62. The number of aryl methyl sites for hydroxylation is 1. The molecule has 0 amide bonds. The van der Waals surface area contributed by atoms with Crippen LogP contribution in [0.5, 0.6) is 0 Å². The minimum absolute atomic E-state index is 0.773. The summed E-state index contributed by atoms with van der Waals surface area (Å²) < 4.78 is 1.77. The molecular formula is C10H16N4. The van der Waals surface area contributed by atoms with Crippen molar-refractivity contribution in [3.8, 4) is 0 Å². The van der Waals surface area contributed by atoms with Crippen molar-refractivity contribution in [1.29, 1.82) is 0 Å². The summed E-state index contributed by atoms with van der Waals surface area (Å²) in [5, 5.41) is 4.37. The number of anilines is 2. The Kier molecular flexibility index (Phi) is 2.43. The summed E-state index contributed by atoms with van der Waals surface area (Å²) in [4.78, 5) is 2.25. The number of nitrogen functional groups attached to an aromatic ring is 1. The molecule has 1 aromatic rings. The monoisotopic (exact) mass is 192 g/mol. The zero-order valence-electron chi connectivity index (χ0n) is 8.48. The van der Waals surface area contributed by atoms with Gasteiger partial charge in [0.15, 0.2) is 5.82 Å². The summed E-state index contributed by atoms with van der Waals surface area (Å²) >= 11 is 0.